The molecule has 2 fully saturated rings. The zero-order valence-electron chi connectivity index (χ0n) is 21.0. The molecule has 37 heavy (non-hydrogen) atoms. The molecule has 7 nitrogen and oxygen atoms in total. The lowest BCUT2D eigenvalue weighted by Crippen LogP contribution is -2.38. The van der Waals surface area contributed by atoms with E-state index in [1.54, 1.807) is 6.20 Å². The maximum absolute atomic E-state index is 6.41. The minimum absolute atomic E-state index is 0.241. The number of rotatable bonds is 9. The molecule has 1 atom stereocenters. The second-order valence-electron chi connectivity index (χ2n) is 9.55. The fraction of sp³-hybridized carbons (Fsp3) is 0.367. The highest BCUT2D eigenvalue weighted by molar-refractivity contribution is 6.06. The van der Waals surface area contributed by atoms with Crippen molar-refractivity contribution in [1.82, 2.24) is 9.88 Å². The molecule has 1 N–H and O–H groups in total. The minimum atomic E-state index is 0.241. The first-order valence-corrected chi connectivity index (χ1v) is 13.2. The molecule has 1 unspecified atom stereocenters. The van der Waals surface area contributed by atoms with E-state index in [0.717, 1.165) is 98.1 Å². The Hall–Kier alpha value is -3.39. The fourth-order valence-electron chi connectivity index (χ4n) is 5.10. The lowest BCUT2D eigenvalue weighted by Gasteiger charge is -2.26. The van der Waals surface area contributed by atoms with E-state index in [-0.39, 0.29) is 6.10 Å². The van der Waals surface area contributed by atoms with Crippen LogP contribution < -0.4 is 10.1 Å². The zero-order valence-corrected chi connectivity index (χ0v) is 21.0. The van der Waals surface area contributed by atoms with Gasteiger partial charge in [0.15, 0.2) is 0 Å². The Labute approximate surface area is 217 Å². The lowest BCUT2D eigenvalue weighted by molar-refractivity contribution is 0.0322. The molecule has 4 heterocycles. The van der Waals surface area contributed by atoms with Crippen LogP contribution in [0.25, 0.3) is 33.6 Å². The third-order valence-corrected chi connectivity index (χ3v) is 7.10. The maximum Gasteiger partial charge on any atom is 0.229 e. The molecule has 7 heteroatoms. The van der Waals surface area contributed by atoms with Gasteiger partial charge in [0.2, 0.25) is 5.71 Å². The number of pyridine rings is 1. The van der Waals surface area contributed by atoms with Crippen molar-refractivity contribution < 1.29 is 18.6 Å². The standard InChI is InChI=1S/C30H33N3O4/c1-2-5-22(6-3-1)27-28-26(32-21-25-7-4-17-35-25)12-13-31-30(28)37-29(27)23-8-10-24(11-9-23)36-20-16-33-14-18-34-19-15-33/h1-3,5-6,8-13,25H,4,7,14-21H2,(H,31,32). The van der Waals surface area contributed by atoms with Gasteiger partial charge < -0.3 is 23.9 Å². The van der Waals surface area contributed by atoms with Gasteiger partial charge in [0.1, 0.15) is 18.1 Å². The number of nitrogens with one attached hydrogen (secondary N) is 1. The molecular formula is C30H33N3O4. The van der Waals surface area contributed by atoms with Crippen LogP contribution in [0.1, 0.15) is 12.8 Å². The van der Waals surface area contributed by atoms with Crippen molar-refractivity contribution in [3.63, 3.8) is 0 Å². The van der Waals surface area contributed by atoms with Crippen molar-refractivity contribution in [2.24, 2.45) is 0 Å². The summed E-state index contributed by atoms with van der Waals surface area (Å²) < 4.78 is 23.7. The number of furan rings is 1. The van der Waals surface area contributed by atoms with Gasteiger partial charge in [0.05, 0.1) is 24.7 Å². The monoisotopic (exact) mass is 499 g/mol. The van der Waals surface area contributed by atoms with Crippen molar-refractivity contribution in [2.75, 3.05) is 57.9 Å². The normalized spacial score (nSPS) is 18.3. The first kappa shape index (κ1) is 24.0. The van der Waals surface area contributed by atoms with Crippen LogP contribution in [0.2, 0.25) is 0 Å². The number of nitrogens with zero attached hydrogens (tertiary/aromatic N) is 2. The van der Waals surface area contributed by atoms with E-state index in [9.17, 15) is 0 Å². The van der Waals surface area contributed by atoms with Gasteiger partial charge in [-0.2, -0.15) is 0 Å². The summed E-state index contributed by atoms with van der Waals surface area (Å²) in [6.07, 6.45) is 4.25. The average molecular weight is 500 g/mol. The van der Waals surface area contributed by atoms with E-state index in [4.69, 9.17) is 18.6 Å². The summed E-state index contributed by atoms with van der Waals surface area (Å²) in [4.78, 5) is 6.95. The largest absolute Gasteiger partial charge is 0.492 e. The summed E-state index contributed by atoms with van der Waals surface area (Å²) in [6, 6.07) is 20.6. The van der Waals surface area contributed by atoms with Crippen LogP contribution in [0.3, 0.4) is 0 Å². The molecule has 2 aliphatic rings. The van der Waals surface area contributed by atoms with Crippen LogP contribution in [-0.4, -0.2) is 68.6 Å². The van der Waals surface area contributed by atoms with Crippen molar-refractivity contribution in [3.05, 3.63) is 66.9 Å². The third kappa shape index (κ3) is 5.49. The number of hydrogen-bond acceptors (Lipinski definition) is 7. The molecule has 0 spiro atoms. The molecule has 2 saturated heterocycles. The summed E-state index contributed by atoms with van der Waals surface area (Å²) in [5.74, 6) is 1.66. The Kier molecular flexibility index (Phi) is 7.35. The molecule has 6 rings (SSSR count). The van der Waals surface area contributed by atoms with Crippen LogP contribution in [0.15, 0.2) is 71.3 Å². The highest BCUT2D eigenvalue weighted by atomic mass is 16.5. The maximum atomic E-state index is 6.41. The highest BCUT2D eigenvalue weighted by Gasteiger charge is 2.22. The van der Waals surface area contributed by atoms with Crippen LogP contribution in [0.5, 0.6) is 5.75 Å². The Morgan fingerprint density at radius 3 is 2.57 bits per heavy atom. The molecule has 2 aromatic carbocycles. The topological polar surface area (TPSA) is 69.0 Å². The van der Waals surface area contributed by atoms with Gasteiger partial charge in [-0.15, -0.1) is 0 Å². The van der Waals surface area contributed by atoms with Gasteiger partial charge in [0.25, 0.3) is 0 Å². The average Bonchev–Trinajstić information content (AvgIpc) is 3.62. The van der Waals surface area contributed by atoms with Crippen LogP contribution in [-0.2, 0) is 9.47 Å². The molecular weight excluding hydrogens is 466 g/mol. The smallest absolute Gasteiger partial charge is 0.229 e. The number of morpholine rings is 1. The van der Waals surface area contributed by atoms with Gasteiger partial charge in [0, 0.05) is 55.8 Å². The van der Waals surface area contributed by atoms with Crippen molar-refractivity contribution in [1.29, 1.82) is 0 Å². The first-order valence-electron chi connectivity index (χ1n) is 13.2. The second-order valence-corrected chi connectivity index (χ2v) is 9.55. The summed E-state index contributed by atoms with van der Waals surface area (Å²) in [7, 11) is 0. The summed E-state index contributed by atoms with van der Waals surface area (Å²) in [5, 5.41) is 4.60. The Bertz CT molecular complexity index is 1290. The Balaban J connectivity index is 1.27. The molecule has 4 aromatic rings. The molecule has 0 radical (unpaired) electrons. The predicted molar refractivity (Wildman–Crippen MR) is 145 cm³/mol. The molecule has 2 aliphatic heterocycles. The van der Waals surface area contributed by atoms with Gasteiger partial charge in [-0.05, 0) is 48.7 Å². The van der Waals surface area contributed by atoms with E-state index in [0.29, 0.717) is 12.3 Å². The van der Waals surface area contributed by atoms with Gasteiger partial charge in [-0.25, -0.2) is 4.98 Å². The van der Waals surface area contributed by atoms with Crippen LogP contribution >= 0.6 is 0 Å². The van der Waals surface area contributed by atoms with Crippen LogP contribution in [0.4, 0.5) is 5.69 Å². The Morgan fingerprint density at radius 1 is 0.946 bits per heavy atom. The number of fused-ring (bicyclic) bond motifs is 1. The van der Waals surface area contributed by atoms with E-state index in [2.05, 4.69) is 51.6 Å². The minimum Gasteiger partial charge on any atom is -0.492 e. The van der Waals surface area contributed by atoms with Crippen molar-refractivity contribution in [2.45, 2.75) is 18.9 Å². The summed E-state index contributed by atoms with van der Waals surface area (Å²) in [5.41, 5.74) is 4.76. The van der Waals surface area contributed by atoms with E-state index >= 15 is 0 Å². The van der Waals surface area contributed by atoms with E-state index in [1.807, 2.05) is 24.3 Å². The second kappa shape index (κ2) is 11.3. The first-order chi connectivity index (χ1) is 18.3. The zero-order chi connectivity index (χ0) is 24.9. The van der Waals surface area contributed by atoms with Gasteiger partial charge in [-0.1, -0.05) is 30.3 Å². The third-order valence-electron chi connectivity index (χ3n) is 7.10. The highest BCUT2D eigenvalue weighted by Crippen LogP contribution is 2.43. The molecule has 0 amide bonds. The fourth-order valence-corrected chi connectivity index (χ4v) is 5.10. The SMILES string of the molecule is c1ccc(-c2c(-c3ccc(OCCN4CCOCC4)cc3)oc3nccc(NCC4CCCO4)c23)cc1. The van der Waals surface area contributed by atoms with Crippen LogP contribution in [0, 0.1) is 0 Å². The molecule has 192 valence electrons. The molecule has 0 aliphatic carbocycles. The predicted octanol–water partition coefficient (Wildman–Crippen LogP) is 5.46. The molecule has 2 aromatic heterocycles. The summed E-state index contributed by atoms with van der Waals surface area (Å²) >= 11 is 0. The van der Waals surface area contributed by atoms with Gasteiger partial charge in [-0.3, -0.25) is 4.90 Å². The van der Waals surface area contributed by atoms with E-state index < -0.39 is 0 Å². The summed E-state index contributed by atoms with van der Waals surface area (Å²) in [6.45, 7) is 6.71. The number of benzene rings is 2. The number of hydrogen-bond donors (Lipinski definition) is 1. The number of ether oxygens (including phenoxy) is 3. The van der Waals surface area contributed by atoms with Gasteiger partial charge >= 0.3 is 0 Å². The van der Waals surface area contributed by atoms with E-state index in [1.165, 1.54) is 0 Å². The Morgan fingerprint density at radius 2 is 1.78 bits per heavy atom. The quantitative estimate of drug-likeness (QED) is 0.328. The van der Waals surface area contributed by atoms with Crippen molar-refractivity contribution >= 4 is 16.8 Å². The number of aromatic nitrogens is 1. The number of anilines is 1. The lowest BCUT2D eigenvalue weighted by atomic mass is 9.98. The molecule has 0 bridgehead atoms. The molecule has 0 saturated carbocycles. The van der Waals surface area contributed by atoms with Crippen molar-refractivity contribution in [3.8, 4) is 28.2 Å².